The maximum atomic E-state index is 12.3. The van der Waals surface area contributed by atoms with Crippen LogP contribution in [-0.2, 0) is 19.1 Å². The van der Waals surface area contributed by atoms with Crippen LogP contribution in [0.15, 0.2) is 23.9 Å². The molecule has 23 heavy (non-hydrogen) atoms. The summed E-state index contributed by atoms with van der Waals surface area (Å²) in [5.41, 5.74) is 0.132. The summed E-state index contributed by atoms with van der Waals surface area (Å²) in [7, 11) is 0. The van der Waals surface area contributed by atoms with Gasteiger partial charge in [0, 0.05) is 5.92 Å². The zero-order valence-corrected chi connectivity index (χ0v) is 12.9. The highest BCUT2D eigenvalue weighted by Gasteiger charge is 2.60. The second-order valence-electron chi connectivity index (χ2n) is 5.52. The van der Waals surface area contributed by atoms with Gasteiger partial charge in [-0.05, 0) is 12.5 Å². The lowest BCUT2D eigenvalue weighted by Crippen LogP contribution is -2.64. The van der Waals surface area contributed by atoms with Crippen molar-refractivity contribution in [2.75, 3.05) is 13.2 Å². The number of carbonyl (C=O) groups is 3. The first-order valence-electron chi connectivity index (χ1n) is 7.19. The molecule has 1 saturated heterocycles. The van der Waals surface area contributed by atoms with Gasteiger partial charge in [0.25, 0.3) is 0 Å². The van der Waals surface area contributed by atoms with Gasteiger partial charge in [-0.3, -0.25) is 4.79 Å². The number of β-lactam (4-membered cyclic amide) rings is 1. The minimum Gasteiger partial charge on any atom is -0.477 e. The average molecular weight is 325 g/mol. The van der Waals surface area contributed by atoms with Crippen molar-refractivity contribution in [3.63, 3.8) is 0 Å². The van der Waals surface area contributed by atoms with Crippen molar-refractivity contribution in [2.45, 2.75) is 26.0 Å². The van der Waals surface area contributed by atoms with Gasteiger partial charge in [-0.1, -0.05) is 19.6 Å². The van der Waals surface area contributed by atoms with Gasteiger partial charge in [-0.25, -0.2) is 9.59 Å². The third-order valence-electron chi connectivity index (χ3n) is 4.28. The Morgan fingerprint density at radius 1 is 1.48 bits per heavy atom. The Balaban J connectivity index is 2.12. The molecular weight excluding hydrogens is 306 g/mol. The second kappa shape index (κ2) is 6.41. The topological polar surface area (TPSA) is 113 Å². The Labute approximate surface area is 133 Å². The van der Waals surface area contributed by atoms with Crippen molar-refractivity contribution in [3.8, 4) is 0 Å². The first-order chi connectivity index (χ1) is 10.8. The molecule has 126 valence electrons. The molecule has 0 aromatic heterocycles. The lowest BCUT2D eigenvalue weighted by molar-refractivity contribution is -0.164. The van der Waals surface area contributed by atoms with Crippen LogP contribution < -0.4 is 0 Å². The Morgan fingerprint density at radius 3 is 2.65 bits per heavy atom. The van der Waals surface area contributed by atoms with Crippen LogP contribution in [0.25, 0.3) is 0 Å². The number of carboxylic acids is 1. The molecular formula is C15H19NO7. The molecule has 0 radical (unpaired) electrons. The van der Waals surface area contributed by atoms with Crippen molar-refractivity contribution in [2.24, 2.45) is 11.8 Å². The van der Waals surface area contributed by atoms with Crippen LogP contribution in [0.2, 0.25) is 0 Å². The standard InChI is InChI=1S/C15H19NO7/c1-4-5-22-15(21)23-8(3)10-11-7(2)9(6-17)12(14(19)20)16(11)13(10)18/h4,7-8,10-11,17H,1,5-6H2,2-3H3,(H,19,20)/t7-,8+,10+,11+/m0/s1. The predicted octanol–water partition coefficient (Wildman–Crippen LogP) is 0.522. The molecule has 2 N–H and O–H groups in total. The van der Waals surface area contributed by atoms with E-state index in [1.54, 1.807) is 13.8 Å². The number of fused-ring (bicyclic) bond motifs is 1. The van der Waals surface area contributed by atoms with Crippen molar-refractivity contribution in [1.29, 1.82) is 0 Å². The van der Waals surface area contributed by atoms with Crippen molar-refractivity contribution in [3.05, 3.63) is 23.9 Å². The number of rotatable bonds is 6. The quantitative estimate of drug-likeness (QED) is 0.416. The molecule has 0 aliphatic carbocycles. The highest BCUT2D eigenvalue weighted by atomic mass is 16.7. The average Bonchev–Trinajstić information content (AvgIpc) is 2.74. The fourth-order valence-corrected chi connectivity index (χ4v) is 3.23. The van der Waals surface area contributed by atoms with E-state index < -0.39 is 42.7 Å². The van der Waals surface area contributed by atoms with Gasteiger partial charge in [0.15, 0.2) is 0 Å². The zero-order valence-electron chi connectivity index (χ0n) is 12.9. The number of carboxylic acid groups (broad SMARTS) is 1. The summed E-state index contributed by atoms with van der Waals surface area (Å²) in [5, 5.41) is 18.7. The smallest absolute Gasteiger partial charge is 0.477 e. The van der Waals surface area contributed by atoms with Crippen LogP contribution >= 0.6 is 0 Å². The number of aliphatic hydroxyl groups excluding tert-OH is 1. The molecule has 0 aromatic rings. The lowest BCUT2D eigenvalue weighted by atomic mass is 9.78. The van der Waals surface area contributed by atoms with E-state index in [-0.39, 0.29) is 18.2 Å². The molecule has 2 rings (SSSR count). The summed E-state index contributed by atoms with van der Waals surface area (Å²) < 4.78 is 9.77. The summed E-state index contributed by atoms with van der Waals surface area (Å²) in [4.78, 5) is 36.3. The number of nitrogens with zero attached hydrogens (tertiary/aromatic N) is 1. The van der Waals surface area contributed by atoms with E-state index >= 15 is 0 Å². The molecule has 2 heterocycles. The van der Waals surface area contributed by atoms with Gasteiger partial charge >= 0.3 is 12.1 Å². The largest absolute Gasteiger partial charge is 0.508 e. The first-order valence-corrected chi connectivity index (χ1v) is 7.19. The fourth-order valence-electron chi connectivity index (χ4n) is 3.23. The molecule has 0 spiro atoms. The number of aliphatic hydroxyl groups is 1. The predicted molar refractivity (Wildman–Crippen MR) is 77.1 cm³/mol. The van der Waals surface area contributed by atoms with Crippen molar-refractivity contribution >= 4 is 18.0 Å². The molecule has 0 unspecified atom stereocenters. The van der Waals surface area contributed by atoms with Gasteiger partial charge < -0.3 is 24.6 Å². The van der Waals surface area contributed by atoms with Crippen LogP contribution in [0.5, 0.6) is 0 Å². The fraction of sp³-hybridized carbons (Fsp3) is 0.533. The number of ether oxygens (including phenoxy) is 2. The molecule has 8 nitrogen and oxygen atoms in total. The summed E-state index contributed by atoms with van der Waals surface area (Å²) in [6, 6.07) is -0.446. The third kappa shape index (κ3) is 2.70. The van der Waals surface area contributed by atoms with Crippen LogP contribution in [-0.4, -0.2) is 58.5 Å². The second-order valence-corrected chi connectivity index (χ2v) is 5.52. The van der Waals surface area contributed by atoms with E-state index in [1.165, 1.54) is 6.08 Å². The Morgan fingerprint density at radius 2 is 2.13 bits per heavy atom. The van der Waals surface area contributed by atoms with E-state index in [2.05, 4.69) is 6.58 Å². The van der Waals surface area contributed by atoms with Gasteiger partial charge in [0.1, 0.15) is 18.4 Å². The van der Waals surface area contributed by atoms with E-state index in [0.29, 0.717) is 5.57 Å². The lowest BCUT2D eigenvalue weighted by Gasteiger charge is -2.47. The molecule has 0 saturated carbocycles. The summed E-state index contributed by atoms with van der Waals surface area (Å²) in [6.07, 6.45) is -0.294. The van der Waals surface area contributed by atoms with Crippen LogP contribution in [0.4, 0.5) is 4.79 Å². The monoisotopic (exact) mass is 325 g/mol. The summed E-state index contributed by atoms with van der Waals surface area (Å²) in [6.45, 7) is 6.25. The Hall–Kier alpha value is -2.35. The van der Waals surface area contributed by atoms with Crippen molar-refractivity contribution < 1.29 is 34.1 Å². The van der Waals surface area contributed by atoms with E-state index in [4.69, 9.17) is 9.47 Å². The number of hydrogen-bond donors (Lipinski definition) is 2. The van der Waals surface area contributed by atoms with E-state index in [0.717, 1.165) is 4.90 Å². The first kappa shape index (κ1) is 17.0. The van der Waals surface area contributed by atoms with Gasteiger partial charge in [0.2, 0.25) is 5.91 Å². The maximum absolute atomic E-state index is 12.3. The summed E-state index contributed by atoms with van der Waals surface area (Å²) >= 11 is 0. The molecule has 0 bridgehead atoms. The molecule has 8 heteroatoms. The van der Waals surface area contributed by atoms with E-state index in [1.807, 2.05) is 0 Å². The molecule has 4 atom stereocenters. The molecule has 2 aliphatic heterocycles. The highest BCUT2D eigenvalue weighted by Crippen LogP contribution is 2.47. The minimum absolute atomic E-state index is 0.00446. The van der Waals surface area contributed by atoms with E-state index in [9.17, 15) is 24.6 Å². The number of aliphatic carboxylic acids is 1. The van der Waals surface area contributed by atoms with Gasteiger partial charge in [-0.2, -0.15) is 0 Å². The zero-order chi connectivity index (χ0) is 17.3. The SMILES string of the molecule is C=CCOC(=O)O[C@H](C)[C@H]1C(=O)N2C(C(=O)O)=C(CO)[C@H](C)[C@H]12. The Bertz CT molecular complexity index is 582. The summed E-state index contributed by atoms with van der Waals surface area (Å²) in [5.74, 6) is -2.69. The number of amides is 1. The van der Waals surface area contributed by atoms with Gasteiger partial charge in [0.05, 0.1) is 18.6 Å². The van der Waals surface area contributed by atoms with Crippen LogP contribution in [0, 0.1) is 11.8 Å². The number of carbonyl (C=O) groups excluding carboxylic acids is 2. The Kier molecular flexibility index (Phi) is 4.74. The highest BCUT2D eigenvalue weighted by molar-refractivity contribution is 6.00. The third-order valence-corrected chi connectivity index (χ3v) is 4.28. The van der Waals surface area contributed by atoms with Crippen LogP contribution in [0.1, 0.15) is 13.8 Å². The normalized spacial score (nSPS) is 27.2. The number of hydrogen-bond acceptors (Lipinski definition) is 6. The maximum Gasteiger partial charge on any atom is 0.508 e. The van der Waals surface area contributed by atoms with Gasteiger partial charge in [-0.15, -0.1) is 0 Å². The molecule has 1 fully saturated rings. The van der Waals surface area contributed by atoms with Crippen molar-refractivity contribution in [1.82, 2.24) is 4.90 Å². The van der Waals surface area contributed by atoms with Crippen LogP contribution in [0.3, 0.4) is 0 Å². The molecule has 2 aliphatic rings. The molecule has 1 amide bonds. The molecule has 0 aromatic carbocycles. The minimum atomic E-state index is -1.26.